The molecule has 0 saturated carbocycles. The van der Waals surface area contributed by atoms with Crippen LogP contribution in [-0.4, -0.2) is 35.6 Å². The van der Waals surface area contributed by atoms with Crippen molar-refractivity contribution < 1.29 is 9.15 Å². The third kappa shape index (κ3) is 3.69. The molecule has 0 N–H and O–H groups in total. The van der Waals surface area contributed by atoms with Gasteiger partial charge in [0.05, 0.1) is 12.3 Å². The van der Waals surface area contributed by atoms with Crippen molar-refractivity contribution in [3.63, 3.8) is 0 Å². The Morgan fingerprint density at radius 2 is 2.14 bits per heavy atom. The minimum atomic E-state index is 0.659. The Labute approximate surface area is 132 Å². The van der Waals surface area contributed by atoms with Crippen LogP contribution in [-0.2, 0) is 0 Å². The second-order valence-electron chi connectivity index (χ2n) is 6.05. The minimum Gasteiger partial charge on any atom is -0.494 e. The van der Waals surface area contributed by atoms with Gasteiger partial charge in [-0.05, 0) is 63.9 Å². The molecule has 1 fully saturated rings. The van der Waals surface area contributed by atoms with Crippen LogP contribution in [0.1, 0.15) is 31.9 Å². The van der Waals surface area contributed by atoms with E-state index in [0.29, 0.717) is 5.89 Å². The number of likely N-dealkylation sites (tertiary alicyclic amines) is 1. The summed E-state index contributed by atoms with van der Waals surface area (Å²) in [6.45, 7) is 7.38. The maximum Gasteiger partial charge on any atom is 0.226 e. The Hall–Kier alpha value is -1.81. The fourth-order valence-electron chi connectivity index (χ4n) is 2.96. The summed E-state index contributed by atoms with van der Waals surface area (Å²) in [7, 11) is 0. The molecule has 1 aromatic heterocycles. The minimum absolute atomic E-state index is 0.659. The second-order valence-corrected chi connectivity index (χ2v) is 6.05. The molecule has 1 saturated heterocycles. The first-order chi connectivity index (χ1) is 10.7. The van der Waals surface area contributed by atoms with Crippen molar-refractivity contribution in [1.82, 2.24) is 9.88 Å². The average molecular weight is 300 g/mol. The van der Waals surface area contributed by atoms with Crippen LogP contribution in [0, 0.1) is 6.92 Å². The van der Waals surface area contributed by atoms with E-state index < -0.39 is 0 Å². The fraction of sp³-hybridized carbons (Fsp3) is 0.500. The quantitative estimate of drug-likeness (QED) is 0.758. The molecule has 1 aromatic carbocycles. The molecule has 3 rings (SSSR count). The van der Waals surface area contributed by atoms with Gasteiger partial charge in [-0.15, -0.1) is 0 Å². The number of benzene rings is 1. The van der Waals surface area contributed by atoms with Gasteiger partial charge < -0.3 is 14.1 Å². The molecule has 1 aliphatic heterocycles. The highest BCUT2D eigenvalue weighted by atomic mass is 16.5. The molecule has 0 aliphatic carbocycles. The maximum absolute atomic E-state index is 5.82. The summed E-state index contributed by atoms with van der Waals surface area (Å²) < 4.78 is 11.2. The summed E-state index contributed by atoms with van der Waals surface area (Å²) in [5, 5.41) is 0. The first-order valence-corrected chi connectivity index (χ1v) is 8.12. The summed E-state index contributed by atoms with van der Waals surface area (Å²) in [6, 6.07) is 8.68. The lowest BCUT2D eigenvalue weighted by atomic mass is 10.2. The maximum atomic E-state index is 5.82. The molecule has 1 atom stereocenters. The average Bonchev–Trinajstić information content (AvgIpc) is 3.13. The molecule has 0 spiro atoms. The molecular weight excluding hydrogens is 276 g/mol. The summed E-state index contributed by atoms with van der Waals surface area (Å²) >= 11 is 0. The molecule has 0 bridgehead atoms. The van der Waals surface area contributed by atoms with Gasteiger partial charge in [0.25, 0.3) is 0 Å². The van der Waals surface area contributed by atoms with E-state index >= 15 is 0 Å². The van der Waals surface area contributed by atoms with Crippen molar-refractivity contribution in [3.8, 4) is 17.2 Å². The number of hydrogen-bond donors (Lipinski definition) is 0. The van der Waals surface area contributed by atoms with Gasteiger partial charge in [0.2, 0.25) is 5.89 Å². The Morgan fingerprint density at radius 3 is 2.77 bits per heavy atom. The lowest BCUT2D eigenvalue weighted by Gasteiger charge is -2.20. The van der Waals surface area contributed by atoms with E-state index in [1.54, 1.807) is 6.26 Å². The van der Waals surface area contributed by atoms with Crippen LogP contribution in [0.5, 0.6) is 5.75 Å². The second kappa shape index (κ2) is 6.97. The topological polar surface area (TPSA) is 38.5 Å². The number of aromatic nitrogens is 1. The van der Waals surface area contributed by atoms with Crippen LogP contribution < -0.4 is 4.74 Å². The smallest absolute Gasteiger partial charge is 0.226 e. The molecule has 2 aromatic rings. The molecule has 22 heavy (non-hydrogen) atoms. The van der Waals surface area contributed by atoms with Gasteiger partial charge in [-0.25, -0.2) is 4.98 Å². The van der Waals surface area contributed by atoms with E-state index in [2.05, 4.69) is 16.8 Å². The number of ether oxygens (including phenoxy) is 1. The predicted molar refractivity (Wildman–Crippen MR) is 87.1 cm³/mol. The van der Waals surface area contributed by atoms with Gasteiger partial charge in [0.1, 0.15) is 12.0 Å². The molecule has 1 aliphatic rings. The van der Waals surface area contributed by atoms with E-state index in [9.17, 15) is 0 Å². The van der Waals surface area contributed by atoms with Gasteiger partial charge in [-0.2, -0.15) is 0 Å². The zero-order valence-corrected chi connectivity index (χ0v) is 13.4. The molecule has 2 heterocycles. The van der Waals surface area contributed by atoms with Crippen molar-refractivity contribution in [2.45, 2.75) is 39.2 Å². The zero-order chi connectivity index (χ0) is 15.4. The van der Waals surface area contributed by atoms with E-state index in [0.717, 1.165) is 42.6 Å². The van der Waals surface area contributed by atoms with E-state index in [-0.39, 0.29) is 0 Å². The van der Waals surface area contributed by atoms with E-state index in [4.69, 9.17) is 9.15 Å². The van der Waals surface area contributed by atoms with E-state index in [1.807, 2.05) is 31.2 Å². The molecule has 1 unspecified atom stereocenters. The van der Waals surface area contributed by atoms with Crippen molar-refractivity contribution in [2.75, 3.05) is 19.7 Å². The van der Waals surface area contributed by atoms with Crippen LogP contribution in [0.2, 0.25) is 0 Å². The Morgan fingerprint density at radius 1 is 1.32 bits per heavy atom. The third-order valence-electron chi connectivity index (χ3n) is 4.27. The Kier molecular flexibility index (Phi) is 4.78. The molecular formula is C18H24N2O2. The van der Waals surface area contributed by atoms with E-state index in [1.165, 1.54) is 19.4 Å². The summed E-state index contributed by atoms with van der Waals surface area (Å²) in [6.07, 6.45) is 5.41. The Bertz CT molecular complexity index is 591. The highest BCUT2D eigenvalue weighted by molar-refractivity contribution is 5.54. The molecule has 4 heteroatoms. The number of aryl methyl sites for hydroxylation is 1. The van der Waals surface area contributed by atoms with Gasteiger partial charge in [0, 0.05) is 18.2 Å². The number of nitrogens with zero attached hydrogens (tertiary/aromatic N) is 2. The molecule has 0 amide bonds. The zero-order valence-electron chi connectivity index (χ0n) is 13.4. The molecule has 4 nitrogen and oxygen atoms in total. The lowest BCUT2D eigenvalue weighted by molar-refractivity contribution is 0.230. The molecule has 0 radical (unpaired) electrons. The van der Waals surface area contributed by atoms with Gasteiger partial charge in [-0.1, -0.05) is 0 Å². The predicted octanol–water partition coefficient (Wildman–Crippen LogP) is 3.90. The number of hydrogen-bond acceptors (Lipinski definition) is 4. The van der Waals surface area contributed by atoms with Crippen molar-refractivity contribution in [3.05, 3.63) is 36.2 Å². The monoisotopic (exact) mass is 300 g/mol. The summed E-state index contributed by atoms with van der Waals surface area (Å²) in [5.41, 5.74) is 1.87. The van der Waals surface area contributed by atoms with Gasteiger partial charge in [0.15, 0.2) is 0 Å². The van der Waals surface area contributed by atoms with Gasteiger partial charge in [-0.3, -0.25) is 0 Å². The van der Waals surface area contributed by atoms with Crippen LogP contribution in [0.3, 0.4) is 0 Å². The van der Waals surface area contributed by atoms with Crippen LogP contribution in [0.25, 0.3) is 11.5 Å². The first-order valence-electron chi connectivity index (χ1n) is 8.12. The van der Waals surface area contributed by atoms with Crippen molar-refractivity contribution in [2.24, 2.45) is 0 Å². The Balaban J connectivity index is 1.45. The summed E-state index contributed by atoms with van der Waals surface area (Å²) in [4.78, 5) is 6.88. The first kappa shape index (κ1) is 15.1. The van der Waals surface area contributed by atoms with Crippen LogP contribution in [0.4, 0.5) is 0 Å². The standard InChI is InChI=1S/C18H24N2O2/c1-14-13-22-18(19-14)16-6-8-17(9-7-16)21-12-4-11-20-10-3-5-15(20)2/h6-9,13,15H,3-5,10-12H2,1-2H3. The van der Waals surface area contributed by atoms with Crippen LogP contribution >= 0.6 is 0 Å². The number of oxazole rings is 1. The largest absolute Gasteiger partial charge is 0.494 e. The highest BCUT2D eigenvalue weighted by Gasteiger charge is 2.19. The SMILES string of the molecule is Cc1coc(-c2ccc(OCCCN3CCCC3C)cc2)n1. The molecule has 118 valence electrons. The summed E-state index contributed by atoms with van der Waals surface area (Å²) in [5.74, 6) is 1.56. The van der Waals surface area contributed by atoms with Crippen LogP contribution in [0.15, 0.2) is 34.9 Å². The normalized spacial score (nSPS) is 18.7. The lowest BCUT2D eigenvalue weighted by Crippen LogP contribution is -2.28. The fourth-order valence-corrected chi connectivity index (χ4v) is 2.96. The highest BCUT2D eigenvalue weighted by Crippen LogP contribution is 2.22. The number of rotatable bonds is 6. The van der Waals surface area contributed by atoms with Crippen molar-refractivity contribution in [1.29, 1.82) is 0 Å². The third-order valence-corrected chi connectivity index (χ3v) is 4.27. The van der Waals surface area contributed by atoms with Crippen molar-refractivity contribution >= 4 is 0 Å². The van der Waals surface area contributed by atoms with Gasteiger partial charge >= 0.3 is 0 Å².